The molecule has 9 heteroatoms. The second-order valence-electron chi connectivity index (χ2n) is 9.55. The van der Waals surface area contributed by atoms with Gasteiger partial charge in [0.15, 0.2) is 0 Å². The van der Waals surface area contributed by atoms with Crippen molar-refractivity contribution in [3.8, 4) is 16.9 Å². The molecule has 200 valence electrons. The smallest absolute Gasteiger partial charge is 0.256 e. The van der Waals surface area contributed by atoms with Gasteiger partial charge in [-0.25, -0.2) is 4.68 Å². The summed E-state index contributed by atoms with van der Waals surface area (Å²) >= 11 is 0. The zero-order valence-electron chi connectivity index (χ0n) is 22.7. The van der Waals surface area contributed by atoms with E-state index in [4.69, 9.17) is 0 Å². The maximum absolute atomic E-state index is 13.0. The zero-order chi connectivity index (χ0) is 27.5. The SMILES string of the molecule is CCN(CC)CCNC(=O)c1c(C)[nH]c(C=C2C(=O)Nc3ccc(-c4ccnn4-c4ccncc4)cc32)c1C. The van der Waals surface area contributed by atoms with E-state index in [1.807, 2.05) is 61.0 Å². The Morgan fingerprint density at radius 3 is 2.59 bits per heavy atom. The van der Waals surface area contributed by atoms with Gasteiger partial charge in [-0.05, 0) is 68.9 Å². The number of hydrogen-bond acceptors (Lipinski definition) is 5. The third kappa shape index (κ3) is 5.13. The lowest BCUT2D eigenvalue weighted by Crippen LogP contribution is -2.35. The average molecular weight is 524 g/mol. The first-order valence-corrected chi connectivity index (χ1v) is 13.2. The number of pyridine rings is 1. The molecule has 1 aromatic carbocycles. The molecule has 0 atom stereocenters. The number of nitrogens with one attached hydrogen (secondary N) is 3. The molecule has 39 heavy (non-hydrogen) atoms. The number of carbonyl (C=O) groups is 2. The topological polar surface area (TPSA) is 108 Å². The van der Waals surface area contributed by atoms with Crippen LogP contribution in [0.2, 0.25) is 0 Å². The van der Waals surface area contributed by atoms with E-state index in [0.29, 0.717) is 17.7 Å². The highest BCUT2D eigenvalue weighted by Crippen LogP contribution is 2.37. The lowest BCUT2D eigenvalue weighted by molar-refractivity contribution is -0.110. The van der Waals surface area contributed by atoms with Gasteiger partial charge in [0, 0.05) is 53.7 Å². The summed E-state index contributed by atoms with van der Waals surface area (Å²) in [5, 5.41) is 10.5. The highest BCUT2D eigenvalue weighted by Gasteiger charge is 2.26. The lowest BCUT2D eigenvalue weighted by Gasteiger charge is -2.18. The monoisotopic (exact) mass is 523 g/mol. The number of anilines is 1. The van der Waals surface area contributed by atoms with Crippen LogP contribution in [0.1, 0.15) is 46.7 Å². The number of hydrogen-bond donors (Lipinski definition) is 3. The van der Waals surface area contributed by atoms with Crippen LogP contribution in [-0.2, 0) is 4.79 Å². The molecular formula is C30H33N7O2. The third-order valence-electron chi connectivity index (χ3n) is 7.25. The summed E-state index contributed by atoms with van der Waals surface area (Å²) in [4.78, 5) is 35.7. The van der Waals surface area contributed by atoms with E-state index in [0.717, 1.165) is 64.8 Å². The Morgan fingerprint density at radius 2 is 1.85 bits per heavy atom. The van der Waals surface area contributed by atoms with Crippen molar-refractivity contribution < 1.29 is 9.59 Å². The quantitative estimate of drug-likeness (QED) is 0.281. The molecule has 3 N–H and O–H groups in total. The van der Waals surface area contributed by atoms with Gasteiger partial charge in [-0.2, -0.15) is 5.10 Å². The van der Waals surface area contributed by atoms with Crippen LogP contribution in [0.5, 0.6) is 0 Å². The molecule has 0 bridgehead atoms. The highest BCUT2D eigenvalue weighted by atomic mass is 16.2. The fourth-order valence-corrected chi connectivity index (χ4v) is 5.06. The van der Waals surface area contributed by atoms with Crippen molar-refractivity contribution in [1.82, 2.24) is 30.0 Å². The number of amides is 2. The number of aromatic amines is 1. The number of fused-ring (bicyclic) bond motifs is 1. The van der Waals surface area contributed by atoms with E-state index in [1.165, 1.54) is 0 Å². The maximum atomic E-state index is 13.0. The van der Waals surface area contributed by atoms with Crippen LogP contribution < -0.4 is 10.6 Å². The van der Waals surface area contributed by atoms with Crippen LogP contribution in [0.4, 0.5) is 5.69 Å². The molecule has 0 unspecified atom stereocenters. The second-order valence-corrected chi connectivity index (χ2v) is 9.55. The Morgan fingerprint density at radius 1 is 1.08 bits per heavy atom. The van der Waals surface area contributed by atoms with Gasteiger partial charge in [0.25, 0.3) is 11.8 Å². The first-order chi connectivity index (χ1) is 18.9. The third-order valence-corrected chi connectivity index (χ3v) is 7.25. The van der Waals surface area contributed by atoms with Crippen LogP contribution in [0.15, 0.2) is 55.0 Å². The summed E-state index contributed by atoms with van der Waals surface area (Å²) in [6, 6.07) is 11.6. The van der Waals surface area contributed by atoms with Crippen molar-refractivity contribution in [3.63, 3.8) is 0 Å². The molecular weight excluding hydrogens is 490 g/mol. The fourth-order valence-electron chi connectivity index (χ4n) is 5.06. The van der Waals surface area contributed by atoms with E-state index in [1.54, 1.807) is 18.6 Å². The fraction of sp³-hybridized carbons (Fsp3) is 0.267. The van der Waals surface area contributed by atoms with E-state index in [9.17, 15) is 9.59 Å². The molecule has 0 saturated carbocycles. The minimum absolute atomic E-state index is 0.110. The molecule has 5 rings (SSSR count). The van der Waals surface area contributed by atoms with Crippen molar-refractivity contribution in [1.29, 1.82) is 0 Å². The predicted octanol–water partition coefficient (Wildman–Crippen LogP) is 4.44. The molecule has 0 aliphatic carbocycles. The van der Waals surface area contributed by atoms with E-state index in [2.05, 4.69) is 44.4 Å². The number of carbonyl (C=O) groups excluding carboxylic acids is 2. The Hall–Kier alpha value is -4.50. The Balaban J connectivity index is 1.44. The molecule has 4 aromatic rings. The molecule has 0 spiro atoms. The van der Waals surface area contributed by atoms with Crippen LogP contribution in [0.25, 0.3) is 28.6 Å². The van der Waals surface area contributed by atoms with E-state index in [-0.39, 0.29) is 11.8 Å². The normalized spacial score (nSPS) is 13.7. The molecule has 0 radical (unpaired) electrons. The second kappa shape index (κ2) is 11.1. The minimum Gasteiger partial charge on any atom is -0.358 e. The minimum atomic E-state index is -0.179. The van der Waals surface area contributed by atoms with E-state index < -0.39 is 0 Å². The van der Waals surface area contributed by atoms with Gasteiger partial charge in [-0.3, -0.25) is 14.6 Å². The Kier molecular flexibility index (Phi) is 7.42. The van der Waals surface area contributed by atoms with Crippen molar-refractivity contribution in [2.45, 2.75) is 27.7 Å². The number of benzene rings is 1. The Bertz CT molecular complexity index is 1540. The van der Waals surface area contributed by atoms with Gasteiger partial charge in [-0.15, -0.1) is 0 Å². The number of likely N-dealkylation sites (N-methyl/N-ethyl adjacent to an activating group) is 1. The predicted molar refractivity (Wildman–Crippen MR) is 154 cm³/mol. The maximum Gasteiger partial charge on any atom is 0.256 e. The van der Waals surface area contributed by atoms with Gasteiger partial charge >= 0.3 is 0 Å². The van der Waals surface area contributed by atoms with Crippen LogP contribution in [0, 0.1) is 13.8 Å². The zero-order valence-corrected chi connectivity index (χ0v) is 22.7. The molecule has 1 aliphatic rings. The number of aromatic nitrogens is 4. The molecule has 0 fully saturated rings. The molecule has 2 amide bonds. The van der Waals surface area contributed by atoms with Crippen molar-refractivity contribution in [2.75, 3.05) is 31.5 Å². The van der Waals surface area contributed by atoms with Crippen molar-refractivity contribution in [2.24, 2.45) is 0 Å². The number of aryl methyl sites for hydroxylation is 1. The van der Waals surface area contributed by atoms with Gasteiger partial charge in [0.1, 0.15) is 0 Å². The molecule has 4 heterocycles. The molecule has 1 aliphatic heterocycles. The summed E-state index contributed by atoms with van der Waals surface area (Å²) in [5.74, 6) is -0.289. The molecule has 3 aromatic heterocycles. The molecule has 0 saturated heterocycles. The summed E-state index contributed by atoms with van der Waals surface area (Å²) in [6.07, 6.45) is 7.04. The van der Waals surface area contributed by atoms with Crippen LogP contribution >= 0.6 is 0 Å². The van der Waals surface area contributed by atoms with E-state index >= 15 is 0 Å². The lowest BCUT2D eigenvalue weighted by atomic mass is 10.0. The average Bonchev–Trinajstić information content (AvgIpc) is 3.63. The van der Waals surface area contributed by atoms with Gasteiger partial charge in [0.05, 0.1) is 28.7 Å². The van der Waals surface area contributed by atoms with Crippen LogP contribution in [-0.4, -0.2) is 62.6 Å². The van der Waals surface area contributed by atoms with Crippen LogP contribution in [0.3, 0.4) is 0 Å². The summed E-state index contributed by atoms with van der Waals surface area (Å²) in [6.45, 7) is 11.3. The van der Waals surface area contributed by atoms with Gasteiger partial charge < -0.3 is 20.5 Å². The summed E-state index contributed by atoms with van der Waals surface area (Å²) in [7, 11) is 0. The highest BCUT2D eigenvalue weighted by molar-refractivity contribution is 6.35. The molecule has 9 nitrogen and oxygen atoms in total. The number of H-pyrrole nitrogens is 1. The Labute approximate surface area is 228 Å². The van der Waals surface area contributed by atoms with Gasteiger partial charge in [0.2, 0.25) is 0 Å². The first-order valence-electron chi connectivity index (χ1n) is 13.2. The summed E-state index contributed by atoms with van der Waals surface area (Å²) in [5.41, 5.74) is 7.77. The number of rotatable bonds is 9. The number of nitrogens with zero attached hydrogens (tertiary/aromatic N) is 4. The summed E-state index contributed by atoms with van der Waals surface area (Å²) < 4.78 is 1.85. The standard InChI is InChI=1S/C30H33N7O2/c1-5-36(6-2)16-15-32-30(39)28-19(3)26(34-20(28)4)18-24-23-17-21(7-8-25(23)35-29(24)38)27-11-14-33-37(27)22-9-12-31-13-10-22/h7-14,17-18,34H,5-6,15-16H2,1-4H3,(H,32,39)(H,35,38). The van der Waals surface area contributed by atoms with Crippen molar-refractivity contribution >= 4 is 29.2 Å². The first kappa shape index (κ1) is 26.1. The van der Waals surface area contributed by atoms with Gasteiger partial charge in [-0.1, -0.05) is 19.9 Å². The largest absolute Gasteiger partial charge is 0.358 e. The van der Waals surface area contributed by atoms with Crippen molar-refractivity contribution in [3.05, 3.63) is 83.1 Å².